The molecular formula is C11H16ClNO2. The van der Waals surface area contributed by atoms with Crippen LogP contribution in [0.4, 0.5) is 0 Å². The fraction of sp³-hybridized carbons (Fsp3) is 0.545. The van der Waals surface area contributed by atoms with Crippen molar-refractivity contribution in [2.75, 3.05) is 0 Å². The van der Waals surface area contributed by atoms with Crippen LogP contribution >= 0.6 is 11.6 Å². The van der Waals surface area contributed by atoms with Crippen LogP contribution in [0, 0.1) is 6.92 Å². The molecule has 0 fully saturated rings. The molecule has 0 aliphatic rings. The molecule has 1 aromatic heterocycles. The molecule has 1 aromatic rings. The number of aryl methyl sites for hydroxylation is 1. The van der Waals surface area contributed by atoms with Gasteiger partial charge in [-0.1, -0.05) is 0 Å². The van der Waals surface area contributed by atoms with Gasteiger partial charge in [-0.3, -0.25) is 4.79 Å². The lowest BCUT2D eigenvalue weighted by atomic mass is 10.2. The molecule has 1 rings (SSSR count). The Morgan fingerprint density at radius 1 is 1.60 bits per heavy atom. The summed E-state index contributed by atoms with van der Waals surface area (Å²) in [5, 5.41) is 2.92. The fourth-order valence-corrected chi connectivity index (χ4v) is 1.68. The maximum absolute atomic E-state index is 11.6. The molecule has 0 bridgehead atoms. The molecule has 84 valence electrons. The molecule has 15 heavy (non-hydrogen) atoms. The van der Waals surface area contributed by atoms with Crippen molar-refractivity contribution in [1.82, 2.24) is 5.32 Å². The Bertz CT molecular complexity index is 333. The summed E-state index contributed by atoms with van der Waals surface area (Å²) in [5.74, 6) is 0.621. The highest BCUT2D eigenvalue weighted by atomic mass is 35.5. The highest BCUT2D eigenvalue weighted by molar-refractivity contribution is 6.20. The fourth-order valence-electron chi connectivity index (χ4n) is 1.42. The van der Waals surface area contributed by atoms with E-state index in [0.29, 0.717) is 5.56 Å². The zero-order chi connectivity index (χ0) is 11.4. The first-order chi connectivity index (χ1) is 6.99. The Balaban J connectivity index is 2.49. The molecule has 0 spiro atoms. The minimum Gasteiger partial charge on any atom is -0.469 e. The summed E-state index contributed by atoms with van der Waals surface area (Å²) < 4.78 is 5.06. The first-order valence-electron chi connectivity index (χ1n) is 4.99. The number of rotatable bonds is 4. The van der Waals surface area contributed by atoms with Crippen LogP contribution < -0.4 is 5.32 Å². The predicted molar refractivity (Wildman–Crippen MR) is 60.3 cm³/mol. The predicted octanol–water partition coefficient (Wildman–Crippen LogP) is 2.72. The standard InChI is InChI=1S/C11H16ClNO2/c1-7(12)4-8(2)13-11(14)10-5-9(3)15-6-10/h5-8H,4H2,1-3H3,(H,13,14). The summed E-state index contributed by atoms with van der Waals surface area (Å²) in [6.45, 7) is 5.65. The molecule has 2 atom stereocenters. The molecule has 0 aliphatic heterocycles. The summed E-state index contributed by atoms with van der Waals surface area (Å²) >= 11 is 5.84. The molecule has 0 aromatic carbocycles. The van der Waals surface area contributed by atoms with Crippen LogP contribution in [0.2, 0.25) is 0 Å². The summed E-state index contributed by atoms with van der Waals surface area (Å²) in [5.41, 5.74) is 0.557. The van der Waals surface area contributed by atoms with Crippen molar-refractivity contribution < 1.29 is 9.21 Å². The monoisotopic (exact) mass is 229 g/mol. The van der Waals surface area contributed by atoms with E-state index >= 15 is 0 Å². The van der Waals surface area contributed by atoms with E-state index in [2.05, 4.69) is 5.32 Å². The van der Waals surface area contributed by atoms with Crippen molar-refractivity contribution in [2.45, 2.75) is 38.6 Å². The zero-order valence-electron chi connectivity index (χ0n) is 9.21. The van der Waals surface area contributed by atoms with Gasteiger partial charge < -0.3 is 9.73 Å². The van der Waals surface area contributed by atoms with Crippen LogP contribution in [0.1, 0.15) is 36.4 Å². The van der Waals surface area contributed by atoms with Crippen LogP contribution in [-0.4, -0.2) is 17.3 Å². The van der Waals surface area contributed by atoms with Crippen LogP contribution in [0.3, 0.4) is 0 Å². The summed E-state index contributed by atoms with van der Waals surface area (Å²) in [4.78, 5) is 11.6. The maximum Gasteiger partial charge on any atom is 0.254 e. The molecule has 1 N–H and O–H groups in total. The molecule has 1 heterocycles. The molecule has 2 unspecified atom stereocenters. The van der Waals surface area contributed by atoms with Crippen molar-refractivity contribution in [3.05, 3.63) is 23.7 Å². The minimum absolute atomic E-state index is 0.0615. The second-order valence-electron chi connectivity index (χ2n) is 3.84. The Morgan fingerprint density at radius 3 is 2.73 bits per heavy atom. The number of hydrogen-bond donors (Lipinski definition) is 1. The van der Waals surface area contributed by atoms with E-state index in [1.807, 2.05) is 13.8 Å². The topological polar surface area (TPSA) is 42.2 Å². The van der Waals surface area contributed by atoms with E-state index in [1.54, 1.807) is 13.0 Å². The quantitative estimate of drug-likeness (QED) is 0.807. The van der Waals surface area contributed by atoms with Crippen molar-refractivity contribution in [2.24, 2.45) is 0 Å². The largest absolute Gasteiger partial charge is 0.469 e. The number of halogens is 1. The first-order valence-corrected chi connectivity index (χ1v) is 5.42. The lowest BCUT2D eigenvalue weighted by Crippen LogP contribution is -2.33. The van der Waals surface area contributed by atoms with Gasteiger partial charge in [-0.2, -0.15) is 0 Å². The van der Waals surface area contributed by atoms with E-state index in [1.165, 1.54) is 6.26 Å². The van der Waals surface area contributed by atoms with Crippen molar-refractivity contribution >= 4 is 17.5 Å². The van der Waals surface area contributed by atoms with Gasteiger partial charge in [0, 0.05) is 11.4 Å². The summed E-state index contributed by atoms with van der Waals surface area (Å²) in [6, 6.07) is 1.78. The van der Waals surface area contributed by atoms with Gasteiger partial charge in [0.05, 0.1) is 5.56 Å². The molecule has 1 amide bonds. The SMILES string of the molecule is Cc1cc(C(=O)NC(C)CC(C)Cl)co1. The smallest absolute Gasteiger partial charge is 0.254 e. The Labute approximate surface area is 94.8 Å². The van der Waals surface area contributed by atoms with Crippen molar-refractivity contribution in [3.63, 3.8) is 0 Å². The van der Waals surface area contributed by atoms with Crippen LogP contribution in [0.5, 0.6) is 0 Å². The van der Waals surface area contributed by atoms with Crippen LogP contribution in [-0.2, 0) is 0 Å². The molecule has 0 radical (unpaired) electrons. The lowest BCUT2D eigenvalue weighted by Gasteiger charge is -2.14. The van der Waals surface area contributed by atoms with Gasteiger partial charge in [0.15, 0.2) is 0 Å². The van der Waals surface area contributed by atoms with E-state index in [-0.39, 0.29) is 17.3 Å². The number of alkyl halides is 1. The number of furan rings is 1. The highest BCUT2D eigenvalue weighted by Gasteiger charge is 2.13. The highest BCUT2D eigenvalue weighted by Crippen LogP contribution is 2.08. The number of carbonyl (C=O) groups excluding carboxylic acids is 1. The average molecular weight is 230 g/mol. The molecular weight excluding hydrogens is 214 g/mol. The third-order valence-corrected chi connectivity index (χ3v) is 2.23. The van der Waals surface area contributed by atoms with Gasteiger partial charge in [-0.05, 0) is 33.3 Å². The molecule has 0 aliphatic carbocycles. The molecule has 4 heteroatoms. The van der Waals surface area contributed by atoms with Gasteiger partial charge in [-0.25, -0.2) is 0 Å². The maximum atomic E-state index is 11.6. The lowest BCUT2D eigenvalue weighted by molar-refractivity contribution is 0.0938. The molecule has 0 saturated carbocycles. The van der Waals surface area contributed by atoms with E-state index < -0.39 is 0 Å². The summed E-state index contributed by atoms with van der Waals surface area (Å²) in [7, 11) is 0. The third-order valence-electron chi connectivity index (χ3n) is 2.05. The second kappa shape index (κ2) is 5.21. The number of amides is 1. The minimum atomic E-state index is -0.114. The number of carbonyl (C=O) groups is 1. The second-order valence-corrected chi connectivity index (χ2v) is 4.58. The van der Waals surface area contributed by atoms with Crippen molar-refractivity contribution in [1.29, 1.82) is 0 Å². The first kappa shape index (κ1) is 12.1. The Kier molecular flexibility index (Phi) is 4.21. The summed E-state index contributed by atoms with van der Waals surface area (Å²) in [6.07, 6.45) is 2.21. The zero-order valence-corrected chi connectivity index (χ0v) is 9.97. The number of hydrogen-bond acceptors (Lipinski definition) is 2. The average Bonchev–Trinajstić information content (AvgIpc) is 2.49. The third kappa shape index (κ3) is 3.96. The molecule has 3 nitrogen and oxygen atoms in total. The van der Waals surface area contributed by atoms with Crippen LogP contribution in [0.25, 0.3) is 0 Å². The van der Waals surface area contributed by atoms with E-state index in [9.17, 15) is 4.79 Å². The van der Waals surface area contributed by atoms with Gasteiger partial charge in [0.25, 0.3) is 5.91 Å². The number of nitrogens with one attached hydrogen (secondary N) is 1. The van der Waals surface area contributed by atoms with Gasteiger partial charge in [0.2, 0.25) is 0 Å². The Morgan fingerprint density at radius 2 is 2.27 bits per heavy atom. The van der Waals surface area contributed by atoms with Gasteiger partial charge >= 0.3 is 0 Å². The molecule has 0 saturated heterocycles. The van der Waals surface area contributed by atoms with Crippen LogP contribution in [0.15, 0.2) is 16.7 Å². The van der Waals surface area contributed by atoms with E-state index in [0.717, 1.165) is 12.2 Å². The van der Waals surface area contributed by atoms with Gasteiger partial charge in [0.1, 0.15) is 12.0 Å². The van der Waals surface area contributed by atoms with Gasteiger partial charge in [-0.15, -0.1) is 11.6 Å². The Hall–Kier alpha value is -0.960. The van der Waals surface area contributed by atoms with E-state index in [4.69, 9.17) is 16.0 Å². The normalized spacial score (nSPS) is 14.7. The van der Waals surface area contributed by atoms with Crippen molar-refractivity contribution in [3.8, 4) is 0 Å².